The summed E-state index contributed by atoms with van der Waals surface area (Å²) in [5, 5.41) is 7.10. The third kappa shape index (κ3) is 3.38. The second kappa shape index (κ2) is 7.20. The molecule has 0 bridgehead atoms. The first kappa shape index (κ1) is 15.8. The number of nitrogens with one attached hydrogen (secondary N) is 1. The summed E-state index contributed by atoms with van der Waals surface area (Å²) in [4.78, 5) is 0. The van der Waals surface area contributed by atoms with Gasteiger partial charge in [0, 0.05) is 22.5 Å². The van der Waals surface area contributed by atoms with Gasteiger partial charge in [0.15, 0.2) is 0 Å². The molecule has 0 saturated carbocycles. The van der Waals surface area contributed by atoms with E-state index in [4.69, 9.17) is 5.73 Å². The van der Waals surface area contributed by atoms with E-state index in [9.17, 15) is 0 Å². The van der Waals surface area contributed by atoms with Gasteiger partial charge in [0.1, 0.15) is 0 Å². The van der Waals surface area contributed by atoms with Crippen molar-refractivity contribution in [1.82, 2.24) is 10.2 Å². The van der Waals surface area contributed by atoms with Crippen LogP contribution in [0.1, 0.15) is 19.0 Å². The Kier molecular flexibility index (Phi) is 6.69. The lowest BCUT2D eigenvalue weighted by Gasteiger charge is -2.05. The maximum Gasteiger partial charge on any atom is 0.0569 e. The minimum Gasteiger partial charge on any atom is -0.398 e. The lowest BCUT2D eigenvalue weighted by Crippen LogP contribution is -1.92. The number of halogens is 2. The first-order chi connectivity index (χ1) is 7.33. The molecule has 0 amide bonds. The Hall–Kier alpha value is -1.19. The molecule has 0 fully saturated rings. The van der Waals surface area contributed by atoms with Gasteiger partial charge in [-0.15, -0.1) is 24.8 Å². The molecule has 5 heteroatoms. The fourth-order valence-corrected chi connectivity index (χ4v) is 1.73. The van der Waals surface area contributed by atoms with Crippen molar-refractivity contribution in [2.45, 2.75) is 19.8 Å². The van der Waals surface area contributed by atoms with Gasteiger partial charge in [0.05, 0.1) is 6.20 Å². The second-order valence-corrected chi connectivity index (χ2v) is 3.60. The average Bonchev–Trinajstić information content (AvgIpc) is 2.67. The fraction of sp³-hybridized carbons (Fsp3) is 0.250. The largest absolute Gasteiger partial charge is 0.398 e. The van der Waals surface area contributed by atoms with E-state index >= 15 is 0 Å². The highest BCUT2D eigenvalue weighted by Crippen LogP contribution is 2.27. The zero-order chi connectivity index (χ0) is 10.7. The van der Waals surface area contributed by atoms with E-state index in [1.807, 2.05) is 30.5 Å². The third-order valence-electron chi connectivity index (χ3n) is 2.47. The Balaban J connectivity index is 0.00000128. The summed E-state index contributed by atoms with van der Waals surface area (Å²) in [5.74, 6) is 0. The lowest BCUT2D eigenvalue weighted by molar-refractivity contribution is 0.868. The van der Waals surface area contributed by atoms with Crippen molar-refractivity contribution in [2.24, 2.45) is 0 Å². The number of aromatic amines is 1. The van der Waals surface area contributed by atoms with Crippen LogP contribution in [0.2, 0.25) is 0 Å². The highest BCUT2D eigenvalue weighted by molar-refractivity contribution is 5.85. The monoisotopic (exact) mass is 273 g/mol. The highest BCUT2D eigenvalue weighted by atomic mass is 35.5. The Morgan fingerprint density at radius 1 is 1.18 bits per heavy atom. The van der Waals surface area contributed by atoms with Crippen molar-refractivity contribution in [3.05, 3.63) is 36.2 Å². The topological polar surface area (TPSA) is 54.7 Å². The van der Waals surface area contributed by atoms with Crippen LogP contribution in [0, 0.1) is 0 Å². The summed E-state index contributed by atoms with van der Waals surface area (Å²) in [6.07, 6.45) is 3.95. The van der Waals surface area contributed by atoms with E-state index in [0.717, 1.165) is 35.3 Å². The van der Waals surface area contributed by atoms with Crippen molar-refractivity contribution in [3.8, 4) is 11.1 Å². The van der Waals surface area contributed by atoms with Gasteiger partial charge in [0.2, 0.25) is 0 Å². The number of nitrogen functional groups attached to an aromatic ring is 1. The zero-order valence-electron chi connectivity index (χ0n) is 9.64. The molecule has 1 aromatic carbocycles. The Bertz CT molecular complexity index is 455. The number of aromatic nitrogens is 2. The number of nitrogens with zero attached hydrogens (tertiary/aromatic N) is 1. The number of nitrogens with two attached hydrogens (primary N) is 1. The molecule has 0 spiro atoms. The van der Waals surface area contributed by atoms with Crippen LogP contribution in [-0.2, 0) is 6.42 Å². The molecule has 3 N–H and O–H groups in total. The molecule has 1 heterocycles. The van der Waals surface area contributed by atoms with Crippen LogP contribution in [0.3, 0.4) is 0 Å². The van der Waals surface area contributed by atoms with E-state index in [-0.39, 0.29) is 24.8 Å². The highest BCUT2D eigenvalue weighted by Gasteiger charge is 2.08. The smallest absolute Gasteiger partial charge is 0.0569 e. The molecule has 3 nitrogen and oxygen atoms in total. The molecule has 2 rings (SSSR count). The summed E-state index contributed by atoms with van der Waals surface area (Å²) in [5.41, 5.74) is 10.1. The number of hydrogen-bond donors (Lipinski definition) is 2. The van der Waals surface area contributed by atoms with Crippen LogP contribution < -0.4 is 5.73 Å². The molecule has 0 aliphatic rings. The number of anilines is 1. The SMILES string of the molecule is CCCc1[nH]ncc1-c1ccccc1N.Cl.Cl. The van der Waals surface area contributed by atoms with E-state index in [1.54, 1.807) is 0 Å². The van der Waals surface area contributed by atoms with Crippen LogP contribution in [0.15, 0.2) is 30.5 Å². The molecular formula is C12H17Cl2N3. The molecule has 2 aromatic rings. The summed E-state index contributed by atoms with van der Waals surface area (Å²) in [6, 6.07) is 7.88. The van der Waals surface area contributed by atoms with Crippen molar-refractivity contribution in [3.63, 3.8) is 0 Å². The summed E-state index contributed by atoms with van der Waals surface area (Å²) in [7, 11) is 0. The van der Waals surface area contributed by atoms with Gasteiger partial charge >= 0.3 is 0 Å². The Morgan fingerprint density at radius 3 is 2.53 bits per heavy atom. The maximum atomic E-state index is 5.94. The standard InChI is InChI=1S/C12H15N3.2ClH/c1-2-5-12-10(8-14-15-12)9-6-3-4-7-11(9)13;;/h3-4,6-8H,2,5,13H2,1H3,(H,14,15);2*1H. The normalized spacial score (nSPS) is 9.24. The van der Waals surface area contributed by atoms with Crippen molar-refractivity contribution in [2.75, 3.05) is 5.73 Å². The minimum absolute atomic E-state index is 0. The quantitative estimate of drug-likeness (QED) is 0.842. The van der Waals surface area contributed by atoms with Crippen LogP contribution in [0.5, 0.6) is 0 Å². The van der Waals surface area contributed by atoms with Gasteiger partial charge in [-0.05, 0) is 12.5 Å². The third-order valence-corrected chi connectivity index (χ3v) is 2.47. The number of hydrogen-bond acceptors (Lipinski definition) is 2. The predicted molar refractivity (Wildman–Crippen MR) is 76.9 cm³/mol. The van der Waals surface area contributed by atoms with E-state index < -0.39 is 0 Å². The van der Waals surface area contributed by atoms with E-state index in [1.165, 1.54) is 0 Å². The van der Waals surface area contributed by atoms with Crippen molar-refractivity contribution < 1.29 is 0 Å². The van der Waals surface area contributed by atoms with Gasteiger partial charge < -0.3 is 5.73 Å². The fourth-order valence-electron chi connectivity index (χ4n) is 1.73. The molecule has 0 atom stereocenters. The summed E-state index contributed by atoms with van der Waals surface area (Å²) < 4.78 is 0. The second-order valence-electron chi connectivity index (χ2n) is 3.60. The first-order valence-corrected chi connectivity index (χ1v) is 5.20. The molecule has 0 radical (unpaired) electrons. The zero-order valence-corrected chi connectivity index (χ0v) is 11.3. The number of rotatable bonds is 3. The van der Waals surface area contributed by atoms with Crippen molar-refractivity contribution in [1.29, 1.82) is 0 Å². The maximum absolute atomic E-state index is 5.94. The van der Waals surface area contributed by atoms with Gasteiger partial charge in [-0.3, -0.25) is 5.10 Å². The summed E-state index contributed by atoms with van der Waals surface area (Å²) in [6.45, 7) is 2.15. The Labute approximate surface area is 114 Å². The van der Waals surface area contributed by atoms with E-state index in [0.29, 0.717) is 0 Å². The first-order valence-electron chi connectivity index (χ1n) is 5.20. The number of aryl methyl sites for hydroxylation is 1. The van der Waals surface area contributed by atoms with Gasteiger partial charge in [-0.1, -0.05) is 31.5 Å². The molecule has 94 valence electrons. The lowest BCUT2D eigenvalue weighted by atomic mass is 10.0. The Morgan fingerprint density at radius 2 is 1.88 bits per heavy atom. The van der Waals surface area contributed by atoms with Gasteiger partial charge in [0.25, 0.3) is 0 Å². The van der Waals surface area contributed by atoms with Crippen LogP contribution in [0.25, 0.3) is 11.1 Å². The molecule has 17 heavy (non-hydrogen) atoms. The molecule has 0 aliphatic heterocycles. The summed E-state index contributed by atoms with van der Waals surface area (Å²) >= 11 is 0. The van der Waals surface area contributed by atoms with Crippen LogP contribution >= 0.6 is 24.8 Å². The molecule has 1 aromatic heterocycles. The van der Waals surface area contributed by atoms with Crippen LogP contribution in [-0.4, -0.2) is 10.2 Å². The number of H-pyrrole nitrogens is 1. The molecular weight excluding hydrogens is 257 g/mol. The molecule has 0 unspecified atom stereocenters. The van der Waals surface area contributed by atoms with Gasteiger partial charge in [-0.25, -0.2) is 0 Å². The molecule has 0 aliphatic carbocycles. The van der Waals surface area contributed by atoms with E-state index in [2.05, 4.69) is 17.1 Å². The van der Waals surface area contributed by atoms with Gasteiger partial charge in [-0.2, -0.15) is 5.10 Å². The number of benzene rings is 1. The van der Waals surface area contributed by atoms with Crippen molar-refractivity contribution >= 4 is 30.5 Å². The van der Waals surface area contributed by atoms with Crippen LogP contribution in [0.4, 0.5) is 5.69 Å². The predicted octanol–water partition coefficient (Wildman–Crippen LogP) is 3.46. The average molecular weight is 274 g/mol. The minimum atomic E-state index is 0. The molecule has 0 saturated heterocycles. The number of para-hydroxylation sites is 1.